The lowest BCUT2D eigenvalue weighted by Crippen LogP contribution is -2.43. The van der Waals surface area contributed by atoms with Crippen LogP contribution in [0.2, 0.25) is 5.02 Å². The maximum absolute atomic E-state index is 13.3. The molecule has 1 aliphatic heterocycles. The molecule has 1 aromatic heterocycles. The number of hydrazone groups is 1. The van der Waals surface area contributed by atoms with E-state index in [9.17, 15) is 14.9 Å². The average molecular weight is 546 g/mol. The molecule has 1 atom stereocenters. The van der Waals surface area contributed by atoms with Crippen molar-refractivity contribution in [2.75, 3.05) is 10.3 Å². The molecule has 8 nitrogen and oxygen atoms in total. The van der Waals surface area contributed by atoms with Crippen LogP contribution in [0.3, 0.4) is 0 Å². The van der Waals surface area contributed by atoms with Gasteiger partial charge in [-0.05, 0) is 78.7 Å². The number of hydrogen-bond acceptors (Lipinski definition) is 6. The van der Waals surface area contributed by atoms with E-state index in [1.165, 1.54) is 11.1 Å². The molecule has 0 bridgehead atoms. The molecule has 1 aromatic carbocycles. The van der Waals surface area contributed by atoms with Gasteiger partial charge in [0.15, 0.2) is 11.9 Å². The minimum atomic E-state index is -0.875. The lowest BCUT2D eigenvalue weighted by atomic mass is 10.0. The minimum Gasteiger partial charge on any atom is -0.350 e. The van der Waals surface area contributed by atoms with Crippen LogP contribution in [-0.4, -0.2) is 33.5 Å². The minimum absolute atomic E-state index is 0.119. The number of hydrogen-bond donors (Lipinski definition) is 2. The molecule has 10 heteroatoms. The standard InChI is InChI=1S/C22H20BrClN6O2.C2H6/c1-12(2)27-21(31)15-10-14(11-25)9-13(3)19(15)28-22(32)17-6-7-18(23)29-30(17)20-16(24)5-4-8-26-20;1-2/h4-10,12,17H,1-3H3,(H,27,31)(H,28,32);1-2H3. The van der Waals surface area contributed by atoms with Crippen LogP contribution >= 0.6 is 27.5 Å². The molecule has 34 heavy (non-hydrogen) atoms. The molecule has 0 saturated heterocycles. The van der Waals surface area contributed by atoms with E-state index in [1.54, 1.807) is 43.5 Å². The van der Waals surface area contributed by atoms with Crippen molar-refractivity contribution >= 4 is 55.5 Å². The number of pyridine rings is 1. The van der Waals surface area contributed by atoms with Gasteiger partial charge >= 0.3 is 0 Å². The van der Waals surface area contributed by atoms with E-state index in [-0.39, 0.29) is 17.5 Å². The third kappa shape index (κ3) is 6.43. The molecule has 3 rings (SSSR count). The predicted molar refractivity (Wildman–Crippen MR) is 139 cm³/mol. The highest BCUT2D eigenvalue weighted by Crippen LogP contribution is 2.29. The zero-order valence-corrected chi connectivity index (χ0v) is 21.9. The number of amides is 2. The maximum Gasteiger partial charge on any atom is 0.253 e. The number of carbonyl (C=O) groups excluding carboxylic acids is 2. The van der Waals surface area contributed by atoms with Gasteiger partial charge < -0.3 is 10.6 Å². The Morgan fingerprint density at radius 3 is 2.62 bits per heavy atom. The number of rotatable bonds is 5. The van der Waals surface area contributed by atoms with Crippen LogP contribution in [-0.2, 0) is 4.79 Å². The van der Waals surface area contributed by atoms with E-state index in [1.807, 2.05) is 33.8 Å². The van der Waals surface area contributed by atoms with Crippen LogP contribution in [0.25, 0.3) is 0 Å². The third-order valence-electron chi connectivity index (χ3n) is 4.48. The number of halogens is 2. The number of allylic oxidation sites excluding steroid dienone is 1. The highest BCUT2D eigenvalue weighted by molar-refractivity contribution is 9.18. The summed E-state index contributed by atoms with van der Waals surface area (Å²) in [6.07, 6.45) is 4.84. The van der Waals surface area contributed by atoms with Gasteiger partial charge in [-0.1, -0.05) is 25.4 Å². The molecule has 2 aromatic rings. The lowest BCUT2D eigenvalue weighted by Gasteiger charge is -2.28. The van der Waals surface area contributed by atoms with Gasteiger partial charge in [0.1, 0.15) is 4.62 Å². The quantitative estimate of drug-likeness (QED) is 0.538. The van der Waals surface area contributed by atoms with Crippen molar-refractivity contribution in [1.29, 1.82) is 5.26 Å². The molecular weight excluding hydrogens is 520 g/mol. The van der Waals surface area contributed by atoms with Crippen molar-refractivity contribution in [3.05, 3.63) is 64.3 Å². The Kier molecular flexibility index (Phi) is 9.78. The fourth-order valence-electron chi connectivity index (χ4n) is 3.11. The number of aromatic nitrogens is 1. The second-order valence-electron chi connectivity index (χ2n) is 7.33. The van der Waals surface area contributed by atoms with E-state index in [0.717, 1.165) is 0 Å². The van der Waals surface area contributed by atoms with Gasteiger partial charge in [0.05, 0.1) is 27.9 Å². The van der Waals surface area contributed by atoms with Gasteiger partial charge in [-0.25, -0.2) is 9.99 Å². The Bertz CT molecular complexity index is 1170. The molecule has 0 spiro atoms. The van der Waals surface area contributed by atoms with Crippen molar-refractivity contribution in [2.24, 2.45) is 5.10 Å². The van der Waals surface area contributed by atoms with E-state index in [4.69, 9.17) is 11.6 Å². The summed E-state index contributed by atoms with van der Waals surface area (Å²) < 4.78 is 0.495. The molecule has 2 heterocycles. The smallest absolute Gasteiger partial charge is 0.253 e. The van der Waals surface area contributed by atoms with E-state index in [2.05, 4.69) is 36.6 Å². The summed E-state index contributed by atoms with van der Waals surface area (Å²) in [6, 6.07) is 7.45. The van der Waals surface area contributed by atoms with E-state index in [0.29, 0.717) is 32.3 Å². The van der Waals surface area contributed by atoms with Crippen molar-refractivity contribution in [3.8, 4) is 6.07 Å². The monoisotopic (exact) mass is 544 g/mol. The highest BCUT2D eigenvalue weighted by atomic mass is 79.9. The Hall–Kier alpha value is -3.22. The number of carbonyl (C=O) groups is 2. The molecule has 0 fully saturated rings. The van der Waals surface area contributed by atoms with E-state index >= 15 is 0 Å². The van der Waals surface area contributed by atoms with Crippen LogP contribution in [0.5, 0.6) is 0 Å². The largest absolute Gasteiger partial charge is 0.350 e. The van der Waals surface area contributed by atoms with Gasteiger partial charge in [-0.3, -0.25) is 9.59 Å². The summed E-state index contributed by atoms with van der Waals surface area (Å²) >= 11 is 9.59. The number of aryl methyl sites for hydroxylation is 1. The first-order chi connectivity index (χ1) is 16.2. The molecule has 2 amide bonds. The zero-order chi connectivity index (χ0) is 25.4. The Morgan fingerprint density at radius 2 is 2.00 bits per heavy atom. The van der Waals surface area contributed by atoms with Crippen LogP contribution in [0.15, 0.2) is 47.7 Å². The zero-order valence-electron chi connectivity index (χ0n) is 19.6. The number of benzene rings is 1. The van der Waals surface area contributed by atoms with Gasteiger partial charge in [-0.2, -0.15) is 10.4 Å². The summed E-state index contributed by atoms with van der Waals surface area (Å²) in [4.78, 5) is 30.3. The summed E-state index contributed by atoms with van der Waals surface area (Å²) in [5, 5.41) is 21.0. The van der Waals surface area contributed by atoms with Gasteiger partial charge in [0.2, 0.25) is 0 Å². The molecule has 178 valence electrons. The number of nitrogens with one attached hydrogen (secondary N) is 2. The first-order valence-corrected chi connectivity index (χ1v) is 11.9. The lowest BCUT2D eigenvalue weighted by molar-refractivity contribution is -0.116. The predicted octanol–water partition coefficient (Wildman–Crippen LogP) is 5.17. The molecule has 2 N–H and O–H groups in total. The SMILES string of the molecule is CC.Cc1cc(C#N)cc(C(=O)NC(C)C)c1NC(=O)C1C=CC(Br)=NN1c1ncccc1Cl. The Morgan fingerprint density at radius 1 is 1.29 bits per heavy atom. The molecule has 1 unspecified atom stereocenters. The number of nitrogens with zero attached hydrogens (tertiary/aromatic N) is 4. The maximum atomic E-state index is 13.3. The van der Waals surface area contributed by atoms with Crippen molar-refractivity contribution in [1.82, 2.24) is 10.3 Å². The fourth-order valence-corrected chi connectivity index (χ4v) is 3.64. The normalized spacial score (nSPS) is 14.5. The second kappa shape index (κ2) is 12.3. The number of anilines is 2. The van der Waals surface area contributed by atoms with Crippen molar-refractivity contribution < 1.29 is 9.59 Å². The Balaban J connectivity index is 0.00000199. The molecule has 0 saturated carbocycles. The molecule has 1 aliphatic rings. The van der Waals surface area contributed by atoms with Gasteiger partial charge in [0, 0.05) is 12.2 Å². The van der Waals surface area contributed by atoms with Crippen LogP contribution in [0.1, 0.15) is 49.2 Å². The van der Waals surface area contributed by atoms with Gasteiger partial charge in [0.25, 0.3) is 11.8 Å². The molecule has 0 radical (unpaired) electrons. The summed E-state index contributed by atoms with van der Waals surface area (Å²) in [5.41, 5.74) is 1.43. The molecular formula is C24H26BrClN6O2. The topological polar surface area (TPSA) is 110 Å². The van der Waals surface area contributed by atoms with Crippen molar-refractivity contribution in [2.45, 2.75) is 46.7 Å². The summed E-state index contributed by atoms with van der Waals surface area (Å²) in [6.45, 7) is 9.38. The first-order valence-electron chi connectivity index (χ1n) is 10.7. The van der Waals surface area contributed by atoms with Crippen LogP contribution < -0.4 is 15.6 Å². The Labute approximate surface area is 212 Å². The fraction of sp³-hybridized carbons (Fsp3) is 0.292. The average Bonchev–Trinajstić information content (AvgIpc) is 2.81. The first kappa shape index (κ1) is 27.0. The van der Waals surface area contributed by atoms with E-state index < -0.39 is 11.9 Å². The number of nitriles is 1. The van der Waals surface area contributed by atoms with Crippen LogP contribution in [0, 0.1) is 18.3 Å². The highest BCUT2D eigenvalue weighted by Gasteiger charge is 2.30. The van der Waals surface area contributed by atoms with Crippen molar-refractivity contribution in [3.63, 3.8) is 0 Å². The second-order valence-corrected chi connectivity index (χ2v) is 8.54. The van der Waals surface area contributed by atoms with Gasteiger partial charge in [-0.15, -0.1) is 0 Å². The summed E-state index contributed by atoms with van der Waals surface area (Å²) in [7, 11) is 0. The third-order valence-corrected chi connectivity index (χ3v) is 5.20. The molecule has 0 aliphatic carbocycles. The van der Waals surface area contributed by atoms with Crippen LogP contribution in [0.4, 0.5) is 11.5 Å². The summed E-state index contributed by atoms with van der Waals surface area (Å²) in [5.74, 6) is -0.525.